The third-order valence-electron chi connectivity index (χ3n) is 3.59. The van der Waals surface area contributed by atoms with Gasteiger partial charge in [-0.1, -0.05) is 17.7 Å². The number of amides is 1. The number of piperidine rings is 1. The number of benzene rings is 1. The van der Waals surface area contributed by atoms with Crippen molar-refractivity contribution in [2.75, 3.05) is 31.6 Å². The predicted molar refractivity (Wildman–Crippen MR) is 78.8 cm³/mol. The lowest BCUT2D eigenvalue weighted by Crippen LogP contribution is -2.40. The zero-order chi connectivity index (χ0) is 13.8. The number of nitrogens with one attached hydrogen (secondary N) is 1. The molecular weight excluding hydrogens is 262 g/mol. The molecule has 1 aliphatic rings. The van der Waals surface area contributed by atoms with Crippen molar-refractivity contribution in [2.24, 2.45) is 11.7 Å². The monoisotopic (exact) mass is 281 g/mol. The maximum absolute atomic E-state index is 11.6. The van der Waals surface area contributed by atoms with Gasteiger partial charge in [0.1, 0.15) is 0 Å². The molecule has 1 aromatic rings. The van der Waals surface area contributed by atoms with E-state index >= 15 is 0 Å². The van der Waals surface area contributed by atoms with Gasteiger partial charge in [-0.25, -0.2) is 0 Å². The molecule has 0 aromatic heterocycles. The van der Waals surface area contributed by atoms with E-state index < -0.39 is 5.91 Å². The van der Waals surface area contributed by atoms with Gasteiger partial charge in [0.25, 0.3) is 5.91 Å². The van der Waals surface area contributed by atoms with E-state index in [2.05, 4.69) is 10.2 Å². The molecule has 4 nitrogen and oxygen atoms in total. The zero-order valence-corrected chi connectivity index (χ0v) is 11.9. The molecule has 2 rings (SSSR count). The van der Waals surface area contributed by atoms with Crippen molar-refractivity contribution in [2.45, 2.75) is 12.8 Å². The van der Waals surface area contributed by atoms with Gasteiger partial charge in [-0.3, -0.25) is 4.79 Å². The molecule has 19 heavy (non-hydrogen) atoms. The quantitative estimate of drug-likeness (QED) is 0.886. The number of halogens is 1. The maximum Gasteiger partial charge on any atom is 0.252 e. The summed E-state index contributed by atoms with van der Waals surface area (Å²) in [5.74, 6) is 0.134. The Bertz CT molecular complexity index is 462. The van der Waals surface area contributed by atoms with Crippen molar-refractivity contribution in [3.8, 4) is 0 Å². The largest absolute Gasteiger partial charge is 0.371 e. The molecule has 0 aliphatic carbocycles. The predicted octanol–water partition coefficient (Wildman–Crippen LogP) is 1.87. The summed E-state index contributed by atoms with van der Waals surface area (Å²) in [6.45, 7) is 2.87. The van der Waals surface area contributed by atoms with Gasteiger partial charge in [0.2, 0.25) is 0 Å². The number of anilines is 1. The molecule has 104 valence electrons. The van der Waals surface area contributed by atoms with Crippen LogP contribution >= 0.6 is 11.6 Å². The molecule has 1 heterocycles. The molecule has 0 spiro atoms. The fraction of sp³-hybridized carbons (Fsp3) is 0.500. The maximum atomic E-state index is 11.6. The van der Waals surface area contributed by atoms with Crippen LogP contribution in [-0.4, -0.2) is 32.6 Å². The number of primary amides is 1. The van der Waals surface area contributed by atoms with Crippen LogP contribution in [0.5, 0.6) is 0 Å². The lowest BCUT2D eigenvalue weighted by Gasteiger charge is -2.35. The van der Waals surface area contributed by atoms with Crippen molar-refractivity contribution < 1.29 is 4.79 Å². The van der Waals surface area contributed by atoms with Crippen LogP contribution in [0.25, 0.3) is 0 Å². The van der Waals surface area contributed by atoms with Crippen LogP contribution in [0.2, 0.25) is 5.02 Å². The summed E-state index contributed by atoms with van der Waals surface area (Å²) in [6.07, 6.45) is 2.33. The number of nitrogens with two attached hydrogens (primary N) is 1. The molecule has 1 aromatic carbocycles. The molecule has 3 N–H and O–H groups in total. The lowest BCUT2D eigenvalue weighted by atomic mass is 9.96. The van der Waals surface area contributed by atoms with E-state index in [9.17, 15) is 4.79 Å². The highest BCUT2D eigenvalue weighted by molar-refractivity contribution is 6.34. The van der Waals surface area contributed by atoms with Gasteiger partial charge in [-0.05, 0) is 44.5 Å². The summed E-state index contributed by atoms with van der Waals surface area (Å²) in [5, 5.41) is 3.65. The smallest absolute Gasteiger partial charge is 0.252 e. The molecule has 0 radical (unpaired) electrons. The Morgan fingerprint density at radius 3 is 3.05 bits per heavy atom. The standard InChI is InChI=1S/C14H20ClN3O/c1-17-8-10-4-3-7-18(9-10)12-6-2-5-11(15)13(12)14(16)19/h2,5-6,10,17H,3-4,7-9H2,1H3,(H2,16,19). The van der Waals surface area contributed by atoms with E-state index in [4.69, 9.17) is 17.3 Å². The van der Waals surface area contributed by atoms with E-state index in [0.29, 0.717) is 16.5 Å². The van der Waals surface area contributed by atoms with Crippen LogP contribution in [0, 0.1) is 5.92 Å². The third kappa shape index (κ3) is 3.19. The molecule has 5 heteroatoms. The molecule has 0 saturated carbocycles. The summed E-state index contributed by atoms with van der Waals surface area (Å²) in [4.78, 5) is 13.8. The van der Waals surface area contributed by atoms with Gasteiger partial charge < -0.3 is 16.0 Å². The molecule has 1 unspecified atom stereocenters. The fourth-order valence-corrected chi connectivity index (χ4v) is 3.02. The Kier molecular flexibility index (Phi) is 4.66. The Labute approximate surface area is 118 Å². The second kappa shape index (κ2) is 6.26. The topological polar surface area (TPSA) is 58.4 Å². The van der Waals surface area contributed by atoms with Crippen LogP contribution in [0.1, 0.15) is 23.2 Å². The van der Waals surface area contributed by atoms with Crippen LogP contribution < -0.4 is 16.0 Å². The van der Waals surface area contributed by atoms with Gasteiger partial charge in [-0.2, -0.15) is 0 Å². The summed E-state index contributed by atoms with van der Waals surface area (Å²) in [5.41, 5.74) is 6.75. The number of hydrogen-bond acceptors (Lipinski definition) is 3. The minimum Gasteiger partial charge on any atom is -0.371 e. The first-order valence-corrected chi connectivity index (χ1v) is 6.99. The summed E-state index contributed by atoms with van der Waals surface area (Å²) in [7, 11) is 1.97. The van der Waals surface area contributed by atoms with Gasteiger partial charge in [0.05, 0.1) is 16.3 Å². The van der Waals surface area contributed by atoms with Crippen molar-refractivity contribution >= 4 is 23.2 Å². The minimum absolute atomic E-state index is 0.431. The first kappa shape index (κ1) is 14.2. The summed E-state index contributed by atoms with van der Waals surface area (Å²) in [6, 6.07) is 5.50. The van der Waals surface area contributed by atoms with E-state index in [-0.39, 0.29) is 0 Å². The van der Waals surface area contributed by atoms with Gasteiger partial charge in [0, 0.05) is 13.1 Å². The average Bonchev–Trinajstić information content (AvgIpc) is 2.38. The van der Waals surface area contributed by atoms with Crippen molar-refractivity contribution in [1.29, 1.82) is 0 Å². The Morgan fingerprint density at radius 2 is 2.37 bits per heavy atom. The van der Waals surface area contributed by atoms with E-state index in [1.54, 1.807) is 6.07 Å². The average molecular weight is 282 g/mol. The first-order chi connectivity index (χ1) is 9.13. The number of rotatable bonds is 4. The van der Waals surface area contributed by atoms with Crippen molar-refractivity contribution in [1.82, 2.24) is 5.32 Å². The van der Waals surface area contributed by atoms with Crippen molar-refractivity contribution in [3.05, 3.63) is 28.8 Å². The van der Waals surface area contributed by atoms with Gasteiger partial charge >= 0.3 is 0 Å². The highest BCUT2D eigenvalue weighted by atomic mass is 35.5. The summed E-state index contributed by atoms with van der Waals surface area (Å²) < 4.78 is 0. The second-order valence-corrected chi connectivity index (χ2v) is 5.42. The molecule has 0 bridgehead atoms. The highest BCUT2D eigenvalue weighted by Crippen LogP contribution is 2.30. The number of nitrogens with zero attached hydrogens (tertiary/aromatic N) is 1. The SMILES string of the molecule is CNCC1CCCN(c2cccc(Cl)c2C(N)=O)C1. The highest BCUT2D eigenvalue weighted by Gasteiger charge is 2.23. The lowest BCUT2D eigenvalue weighted by molar-refractivity contribution is 0.100. The Balaban J connectivity index is 2.26. The normalized spacial score (nSPS) is 19.5. The molecular formula is C14H20ClN3O. The van der Waals surface area contributed by atoms with Crippen LogP contribution in [0.15, 0.2) is 18.2 Å². The van der Waals surface area contributed by atoms with E-state index in [0.717, 1.165) is 31.7 Å². The first-order valence-electron chi connectivity index (χ1n) is 6.61. The van der Waals surface area contributed by atoms with Crippen molar-refractivity contribution in [3.63, 3.8) is 0 Å². The number of hydrogen-bond donors (Lipinski definition) is 2. The van der Waals surface area contributed by atoms with Gasteiger partial charge in [0.15, 0.2) is 0 Å². The third-order valence-corrected chi connectivity index (χ3v) is 3.91. The minimum atomic E-state index is -0.462. The molecule has 1 atom stereocenters. The molecule has 1 saturated heterocycles. The number of carbonyl (C=O) groups is 1. The fourth-order valence-electron chi connectivity index (χ4n) is 2.76. The Hall–Kier alpha value is -1.26. The van der Waals surface area contributed by atoms with Crippen LogP contribution in [0.3, 0.4) is 0 Å². The van der Waals surface area contributed by atoms with E-state index in [1.165, 1.54) is 6.42 Å². The molecule has 1 aliphatic heterocycles. The van der Waals surface area contributed by atoms with E-state index in [1.807, 2.05) is 19.2 Å². The molecule has 1 amide bonds. The van der Waals surface area contributed by atoms with Crippen LogP contribution in [-0.2, 0) is 0 Å². The Morgan fingerprint density at radius 1 is 1.58 bits per heavy atom. The van der Waals surface area contributed by atoms with Crippen LogP contribution in [0.4, 0.5) is 5.69 Å². The zero-order valence-electron chi connectivity index (χ0n) is 11.2. The van der Waals surface area contributed by atoms with Gasteiger partial charge in [-0.15, -0.1) is 0 Å². The number of carbonyl (C=O) groups excluding carboxylic acids is 1. The molecule has 1 fully saturated rings. The summed E-state index contributed by atoms with van der Waals surface area (Å²) >= 11 is 6.10. The second-order valence-electron chi connectivity index (χ2n) is 5.01.